The summed E-state index contributed by atoms with van der Waals surface area (Å²) in [6.07, 6.45) is -4.40. The fourth-order valence-corrected chi connectivity index (χ4v) is 1.94. The lowest BCUT2D eigenvalue weighted by Crippen LogP contribution is -2.13. The van der Waals surface area contributed by atoms with Crippen LogP contribution in [0.15, 0.2) is 48.5 Å². The molecule has 128 valence electrons. The van der Waals surface area contributed by atoms with Gasteiger partial charge in [0, 0.05) is 11.3 Å². The number of hydrogen-bond acceptors (Lipinski definition) is 2. The molecule has 1 N–H and O–H groups in total. The van der Waals surface area contributed by atoms with Gasteiger partial charge in [0.15, 0.2) is 0 Å². The average Bonchev–Trinajstić information content (AvgIpc) is 2.53. The van der Waals surface area contributed by atoms with Gasteiger partial charge in [0.05, 0.1) is 12.2 Å². The van der Waals surface area contributed by atoms with Crippen LogP contribution in [0, 0.1) is 5.92 Å². The fourth-order valence-electron chi connectivity index (χ4n) is 1.94. The lowest BCUT2D eigenvalue weighted by molar-refractivity contribution is -0.137. The Bertz CT molecular complexity index is 694. The zero-order chi connectivity index (χ0) is 17.7. The van der Waals surface area contributed by atoms with Crippen molar-refractivity contribution in [2.24, 2.45) is 5.92 Å². The molecule has 0 aliphatic rings. The molecule has 0 radical (unpaired) electrons. The molecule has 0 saturated carbocycles. The minimum Gasteiger partial charge on any atom is -0.493 e. The predicted molar refractivity (Wildman–Crippen MR) is 86.2 cm³/mol. The van der Waals surface area contributed by atoms with Crippen molar-refractivity contribution in [1.29, 1.82) is 0 Å². The molecule has 0 fully saturated rings. The Morgan fingerprint density at radius 2 is 1.79 bits per heavy atom. The van der Waals surface area contributed by atoms with Crippen molar-refractivity contribution in [1.82, 2.24) is 0 Å². The van der Waals surface area contributed by atoms with E-state index in [2.05, 4.69) is 5.32 Å². The molecular weight excluding hydrogens is 319 g/mol. The van der Waals surface area contributed by atoms with E-state index in [0.29, 0.717) is 29.5 Å². The summed E-state index contributed by atoms with van der Waals surface area (Å²) in [7, 11) is 0. The summed E-state index contributed by atoms with van der Waals surface area (Å²) in [5, 5.41) is 2.57. The smallest absolute Gasteiger partial charge is 0.416 e. The third kappa shape index (κ3) is 5.01. The van der Waals surface area contributed by atoms with Crippen molar-refractivity contribution in [3.05, 3.63) is 59.7 Å². The molecule has 0 aliphatic heterocycles. The molecular formula is C18H18F3NO2. The highest BCUT2D eigenvalue weighted by molar-refractivity contribution is 6.04. The Morgan fingerprint density at radius 1 is 1.12 bits per heavy atom. The van der Waals surface area contributed by atoms with E-state index in [9.17, 15) is 18.0 Å². The van der Waals surface area contributed by atoms with Gasteiger partial charge in [0.25, 0.3) is 5.91 Å². The maximum Gasteiger partial charge on any atom is 0.416 e. The van der Waals surface area contributed by atoms with Crippen molar-refractivity contribution in [3.63, 3.8) is 0 Å². The number of carbonyl (C=O) groups is 1. The first-order valence-electron chi connectivity index (χ1n) is 7.47. The number of hydrogen-bond donors (Lipinski definition) is 1. The van der Waals surface area contributed by atoms with Gasteiger partial charge in [0.1, 0.15) is 5.75 Å². The normalized spacial score (nSPS) is 11.4. The number of rotatable bonds is 5. The lowest BCUT2D eigenvalue weighted by Gasteiger charge is -2.11. The number of amides is 1. The maximum absolute atomic E-state index is 12.5. The third-order valence-corrected chi connectivity index (χ3v) is 3.15. The average molecular weight is 337 g/mol. The number of anilines is 1. The van der Waals surface area contributed by atoms with Crippen LogP contribution in [0.25, 0.3) is 0 Å². The zero-order valence-electron chi connectivity index (χ0n) is 13.4. The summed E-state index contributed by atoms with van der Waals surface area (Å²) in [5.41, 5.74) is -0.0952. The Balaban J connectivity index is 2.05. The van der Waals surface area contributed by atoms with E-state index in [4.69, 9.17) is 4.74 Å². The molecule has 0 aromatic heterocycles. The van der Waals surface area contributed by atoms with Gasteiger partial charge >= 0.3 is 6.18 Å². The molecule has 0 atom stereocenters. The van der Waals surface area contributed by atoms with Gasteiger partial charge in [-0.15, -0.1) is 0 Å². The van der Waals surface area contributed by atoms with E-state index in [1.54, 1.807) is 24.3 Å². The van der Waals surface area contributed by atoms with Crippen LogP contribution in [-0.4, -0.2) is 12.5 Å². The summed E-state index contributed by atoms with van der Waals surface area (Å²) in [4.78, 5) is 12.2. The number of nitrogens with one attached hydrogen (secondary N) is 1. The maximum atomic E-state index is 12.5. The summed E-state index contributed by atoms with van der Waals surface area (Å²) >= 11 is 0. The molecule has 0 heterocycles. The molecule has 1 amide bonds. The summed E-state index contributed by atoms with van der Waals surface area (Å²) in [6, 6.07) is 11.0. The topological polar surface area (TPSA) is 38.3 Å². The summed E-state index contributed by atoms with van der Waals surface area (Å²) in [5.74, 6) is 0.517. The van der Waals surface area contributed by atoms with Gasteiger partial charge in [-0.05, 0) is 48.4 Å². The highest BCUT2D eigenvalue weighted by atomic mass is 19.4. The van der Waals surface area contributed by atoms with Crippen molar-refractivity contribution in [3.8, 4) is 5.75 Å². The number of alkyl halides is 3. The molecule has 3 nitrogen and oxygen atoms in total. The van der Waals surface area contributed by atoms with E-state index in [1.165, 1.54) is 12.1 Å². The molecule has 2 aromatic rings. The minimum atomic E-state index is -4.40. The second kappa shape index (κ2) is 7.38. The van der Waals surface area contributed by atoms with E-state index in [1.807, 2.05) is 13.8 Å². The standard InChI is InChI=1S/C18H18F3NO2/c1-12(2)11-24-16-5-3-4-13(10-16)17(23)22-15-8-6-14(7-9-15)18(19,20)21/h3-10,12H,11H2,1-2H3,(H,22,23). The monoisotopic (exact) mass is 337 g/mol. The van der Waals surface area contributed by atoms with E-state index in [0.717, 1.165) is 12.1 Å². The van der Waals surface area contributed by atoms with Gasteiger partial charge in [0.2, 0.25) is 0 Å². The van der Waals surface area contributed by atoms with Crippen molar-refractivity contribution < 1.29 is 22.7 Å². The van der Waals surface area contributed by atoms with Crippen LogP contribution in [0.1, 0.15) is 29.8 Å². The second-order valence-corrected chi connectivity index (χ2v) is 5.76. The van der Waals surface area contributed by atoms with Crippen molar-refractivity contribution in [2.45, 2.75) is 20.0 Å². The number of carbonyl (C=O) groups excluding carboxylic acids is 1. The van der Waals surface area contributed by atoms with Crippen LogP contribution in [0.2, 0.25) is 0 Å². The van der Waals surface area contributed by atoms with Gasteiger partial charge < -0.3 is 10.1 Å². The molecule has 0 bridgehead atoms. The lowest BCUT2D eigenvalue weighted by atomic mass is 10.1. The Labute approximate surface area is 138 Å². The minimum absolute atomic E-state index is 0.293. The Kier molecular flexibility index (Phi) is 5.49. The van der Waals surface area contributed by atoms with Crippen LogP contribution in [0.4, 0.5) is 18.9 Å². The number of benzene rings is 2. The molecule has 24 heavy (non-hydrogen) atoms. The van der Waals surface area contributed by atoms with Crippen LogP contribution < -0.4 is 10.1 Å². The van der Waals surface area contributed by atoms with Crippen molar-refractivity contribution in [2.75, 3.05) is 11.9 Å². The first-order chi connectivity index (χ1) is 11.3. The van der Waals surface area contributed by atoms with E-state index >= 15 is 0 Å². The summed E-state index contributed by atoms with van der Waals surface area (Å²) in [6.45, 7) is 4.56. The molecule has 6 heteroatoms. The molecule has 0 saturated heterocycles. The number of ether oxygens (including phenoxy) is 1. The van der Waals surface area contributed by atoms with Gasteiger partial charge in [-0.3, -0.25) is 4.79 Å². The van der Waals surface area contributed by atoms with Crippen LogP contribution in [0.5, 0.6) is 5.75 Å². The van der Waals surface area contributed by atoms with E-state index in [-0.39, 0.29) is 0 Å². The fraction of sp³-hybridized carbons (Fsp3) is 0.278. The largest absolute Gasteiger partial charge is 0.493 e. The predicted octanol–water partition coefficient (Wildman–Crippen LogP) is 4.99. The molecule has 0 spiro atoms. The van der Waals surface area contributed by atoms with Crippen molar-refractivity contribution >= 4 is 11.6 Å². The highest BCUT2D eigenvalue weighted by Crippen LogP contribution is 2.29. The van der Waals surface area contributed by atoms with Gasteiger partial charge in [-0.1, -0.05) is 19.9 Å². The zero-order valence-corrected chi connectivity index (χ0v) is 13.4. The second-order valence-electron chi connectivity index (χ2n) is 5.76. The van der Waals surface area contributed by atoms with Gasteiger partial charge in [-0.25, -0.2) is 0 Å². The van der Waals surface area contributed by atoms with E-state index < -0.39 is 17.6 Å². The van der Waals surface area contributed by atoms with Crippen LogP contribution in [0.3, 0.4) is 0 Å². The Hall–Kier alpha value is -2.50. The SMILES string of the molecule is CC(C)COc1cccc(C(=O)Nc2ccc(C(F)(F)F)cc2)c1. The quantitative estimate of drug-likeness (QED) is 0.834. The van der Waals surface area contributed by atoms with Gasteiger partial charge in [-0.2, -0.15) is 13.2 Å². The highest BCUT2D eigenvalue weighted by Gasteiger charge is 2.29. The summed E-state index contributed by atoms with van der Waals surface area (Å²) < 4.78 is 43.1. The third-order valence-electron chi connectivity index (χ3n) is 3.15. The first-order valence-corrected chi connectivity index (χ1v) is 7.47. The molecule has 0 aliphatic carbocycles. The molecule has 2 rings (SSSR count). The molecule has 0 unspecified atom stereocenters. The molecule has 2 aromatic carbocycles. The number of halogens is 3. The first kappa shape index (κ1) is 17.8. The van der Waals surface area contributed by atoms with Crippen LogP contribution in [-0.2, 0) is 6.18 Å². The van der Waals surface area contributed by atoms with Crippen LogP contribution >= 0.6 is 0 Å². The Morgan fingerprint density at radius 3 is 2.38 bits per heavy atom.